The third kappa shape index (κ3) is 1.73. The molecule has 4 nitrogen and oxygen atoms in total. The number of hydrogen-bond acceptors (Lipinski definition) is 3. The standard InChI is InChI=1S/C9H15N3O/c10-7-1-2-9-11-8(3-4-13)6-12(9)5-7/h6-7,13H,1-5,10H2. The zero-order valence-electron chi connectivity index (χ0n) is 7.61. The van der Waals surface area contributed by atoms with Gasteiger partial charge in [0.2, 0.25) is 0 Å². The maximum absolute atomic E-state index is 8.76. The predicted molar refractivity (Wildman–Crippen MR) is 49.3 cm³/mol. The molecule has 0 amide bonds. The second kappa shape index (κ2) is 3.47. The van der Waals surface area contributed by atoms with Crippen molar-refractivity contribution in [1.29, 1.82) is 0 Å². The molecule has 1 aliphatic rings. The fourth-order valence-corrected chi connectivity index (χ4v) is 1.76. The first-order valence-electron chi connectivity index (χ1n) is 4.71. The average Bonchev–Trinajstić information content (AvgIpc) is 2.46. The Morgan fingerprint density at radius 1 is 1.69 bits per heavy atom. The third-order valence-electron chi connectivity index (χ3n) is 2.45. The molecule has 1 atom stereocenters. The third-order valence-corrected chi connectivity index (χ3v) is 2.45. The summed E-state index contributed by atoms with van der Waals surface area (Å²) in [5.74, 6) is 1.12. The van der Waals surface area contributed by atoms with Crippen LogP contribution in [-0.2, 0) is 19.4 Å². The lowest BCUT2D eigenvalue weighted by Crippen LogP contribution is -2.31. The maximum Gasteiger partial charge on any atom is 0.109 e. The summed E-state index contributed by atoms with van der Waals surface area (Å²) in [6.45, 7) is 1.04. The Morgan fingerprint density at radius 2 is 2.54 bits per heavy atom. The van der Waals surface area contributed by atoms with Gasteiger partial charge in [0.1, 0.15) is 5.82 Å². The normalized spacial score (nSPS) is 21.5. The zero-order chi connectivity index (χ0) is 9.26. The largest absolute Gasteiger partial charge is 0.396 e. The molecule has 0 saturated carbocycles. The number of aryl methyl sites for hydroxylation is 1. The molecule has 1 aromatic heterocycles. The summed E-state index contributed by atoms with van der Waals surface area (Å²) in [7, 11) is 0. The van der Waals surface area contributed by atoms with Gasteiger partial charge in [0, 0.05) is 38.2 Å². The first-order chi connectivity index (χ1) is 6.29. The molecule has 0 bridgehead atoms. The molecular formula is C9H15N3O. The first kappa shape index (κ1) is 8.72. The van der Waals surface area contributed by atoms with Crippen LogP contribution in [0.5, 0.6) is 0 Å². The van der Waals surface area contributed by atoms with Gasteiger partial charge in [-0.3, -0.25) is 0 Å². The van der Waals surface area contributed by atoms with Crippen LogP contribution < -0.4 is 5.73 Å². The molecule has 2 heterocycles. The van der Waals surface area contributed by atoms with Crippen LogP contribution in [0.25, 0.3) is 0 Å². The molecule has 0 fully saturated rings. The van der Waals surface area contributed by atoms with Crippen LogP contribution in [0.1, 0.15) is 17.9 Å². The lowest BCUT2D eigenvalue weighted by atomic mass is 10.1. The highest BCUT2D eigenvalue weighted by Gasteiger charge is 2.16. The molecule has 0 aromatic carbocycles. The molecule has 0 spiro atoms. The number of rotatable bonds is 2. The van der Waals surface area contributed by atoms with Gasteiger partial charge in [-0.05, 0) is 6.42 Å². The monoisotopic (exact) mass is 181 g/mol. The van der Waals surface area contributed by atoms with Gasteiger partial charge in [-0.25, -0.2) is 4.98 Å². The summed E-state index contributed by atoms with van der Waals surface area (Å²) in [6, 6.07) is 0.267. The molecular weight excluding hydrogens is 166 g/mol. The molecule has 1 unspecified atom stereocenters. The number of nitrogens with zero attached hydrogens (tertiary/aromatic N) is 2. The van der Waals surface area contributed by atoms with Crippen LogP contribution in [0.2, 0.25) is 0 Å². The maximum atomic E-state index is 8.76. The number of aromatic nitrogens is 2. The van der Waals surface area contributed by atoms with E-state index in [0.717, 1.165) is 30.9 Å². The number of imidazole rings is 1. The number of hydrogen-bond donors (Lipinski definition) is 2. The van der Waals surface area contributed by atoms with Gasteiger partial charge in [-0.2, -0.15) is 0 Å². The average molecular weight is 181 g/mol. The van der Waals surface area contributed by atoms with Gasteiger partial charge in [-0.15, -0.1) is 0 Å². The molecule has 3 N–H and O–H groups in total. The SMILES string of the molecule is NC1CCc2nc(CCO)cn2C1. The molecule has 0 saturated heterocycles. The van der Waals surface area contributed by atoms with E-state index in [0.29, 0.717) is 6.42 Å². The van der Waals surface area contributed by atoms with Crippen molar-refractivity contribution in [2.75, 3.05) is 6.61 Å². The summed E-state index contributed by atoms with van der Waals surface area (Å²) >= 11 is 0. The first-order valence-corrected chi connectivity index (χ1v) is 4.71. The second-order valence-corrected chi connectivity index (χ2v) is 3.57. The van der Waals surface area contributed by atoms with E-state index in [2.05, 4.69) is 9.55 Å². The van der Waals surface area contributed by atoms with Crippen molar-refractivity contribution < 1.29 is 5.11 Å². The molecule has 1 aromatic rings. The van der Waals surface area contributed by atoms with Crippen LogP contribution in [0, 0.1) is 0 Å². The van der Waals surface area contributed by atoms with E-state index in [-0.39, 0.29) is 12.6 Å². The minimum absolute atomic E-state index is 0.169. The summed E-state index contributed by atoms with van der Waals surface area (Å²) < 4.78 is 2.11. The van der Waals surface area contributed by atoms with E-state index in [1.807, 2.05) is 6.20 Å². The van der Waals surface area contributed by atoms with Crippen LogP contribution >= 0.6 is 0 Å². The molecule has 0 radical (unpaired) electrons. The molecule has 1 aliphatic heterocycles. The fourth-order valence-electron chi connectivity index (χ4n) is 1.76. The smallest absolute Gasteiger partial charge is 0.109 e. The second-order valence-electron chi connectivity index (χ2n) is 3.57. The minimum Gasteiger partial charge on any atom is -0.396 e. The van der Waals surface area contributed by atoms with Gasteiger partial charge in [0.05, 0.1) is 5.69 Å². The predicted octanol–water partition coefficient (Wildman–Crippen LogP) is -0.309. The van der Waals surface area contributed by atoms with Gasteiger partial charge < -0.3 is 15.4 Å². The lowest BCUT2D eigenvalue weighted by Gasteiger charge is -2.19. The summed E-state index contributed by atoms with van der Waals surface area (Å²) in [5.41, 5.74) is 6.81. The van der Waals surface area contributed by atoms with Crippen molar-refractivity contribution in [2.24, 2.45) is 5.73 Å². The molecule has 72 valence electrons. The summed E-state index contributed by atoms with van der Waals surface area (Å²) in [4.78, 5) is 4.42. The highest BCUT2D eigenvalue weighted by molar-refractivity contribution is 5.07. The molecule has 0 aliphatic carbocycles. The Hall–Kier alpha value is -0.870. The summed E-state index contributed by atoms with van der Waals surface area (Å²) in [5, 5.41) is 8.76. The van der Waals surface area contributed by atoms with E-state index >= 15 is 0 Å². The van der Waals surface area contributed by atoms with E-state index in [4.69, 9.17) is 10.8 Å². The topological polar surface area (TPSA) is 64.1 Å². The zero-order valence-corrected chi connectivity index (χ0v) is 7.61. The van der Waals surface area contributed by atoms with Crippen LogP contribution in [0.4, 0.5) is 0 Å². The van der Waals surface area contributed by atoms with Crippen molar-refractivity contribution in [1.82, 2.24) is 9.55 Å². The Kier molecular flexibility index (Phi) is 2.33. The van der Waals surface area contributed by atoms with E-state index in [1.54, 1.807) is 0 Å². The van der Waals surface area contributed by atoms with E-state index < -0.39 is 0 Å². The van der Waals surface area contributed by atoms with E-state index in [1.165, 1.54) is 0 Å². The number of nitrogens with two attached hydrogens (primary N) is 1. The van der Waals surface area contributed by atoms with Crippen LogP contribution in [-0.4, -0.2) is 27.3 Å². The minimum atomic E-state index is 0.169. The molecule has 4 heteroatoms. The molecule has 2 rings (SSSR count). The Bertz CT molecular complexity index is 295. The Labute approximate surface area is 77.4 Å². The number of aliphatic hydroxyl groups is 1. The fraction of sp³-hybridized carbons (Fsp3) is 0.667. The van der Waals surface area contributed by atoms with Gasteiger partial charge in [0.15, 0.2) is 0 Å². The number of aliphatic hydroxyl groups excluding tert-OH is 1. The lowest BCUT2D eigenvalue weighted by molar-refractivity contribution is 0.298. The van der Waals surface area contributed by atoms with Crippen molar-refractivity contribution in [3.63, 3.8) is 0 Å². The Morgan fingerprint density at radius 3 is 3.31 bits per heavy atom. The van der Waals surface area contributed by atoms with Crippen molar-refractivity contribution in [3.8, 4) is 0 Å². The van der Waals surface area contributed by atoms with Crippen LogP contribution in [0.3, 0.4) is 0 Å². The highest BCUT2D eigenvalue weighted by Crippen LogP contribution is 2.14. The van der Waals surface area contributed by atoms with Crippen molar-refractivity contribution >= 4 is 0 Å². The van der Waals surface area contributed by atoms with Crippen molar-refractivity contribution in [3.05, 3.63) is 17.7 Å². The van der Waals surface area contributed by atoms with Crippen LogP contribution in [0.15, 0.2) is 6.20 Å². The van der Waals surface area contributed by atoms with Gasteiger partial charge >= 0.3 is 0 Å². The van der Waals surface area contributed by atoms with Crippen molar-refractivity contribution in [2.45, 2.75) is 31.8 Å². The van der Waals surface area contributed by atoms with Gasteiger partial charge in [-0.1, -0.05) is 0 Å². The highest BCUT2D eigenvalue weighted by atomic mass is 16.3. The van der Waals surface area contributed by atoms with Gasteiger partial charge in [0.25, 0.3) is 0 Å². The van der Waals surface area contributed by atoms with E-state index in [9.17, 15) is 0 Å². The molecule has 13 heavy (non-hydrogen) atoms. The Balaban J connectivity index is 2.18. The number of fused-ring (bicyclic) bond motifs is 1. The quantitative estimate of drug-likeness (QED) is 0.658. The summed E-state index contributed by atoms with van der Waals surface area (Å²) in [6.07, 6.45) is 4.64.